The third-order valence-electron chi connectivity index (χ3n) is 4.36. The van der Waals surface area contributed by atoms with Crippen molar-refractivity contribution in [3.05, 3.63) is 33.1 Å². The Balaban J connectivity index is 1.69. The highest BCUT2D eigenvalue weighted by Gasteiger charge is 2.29. The van der Waals surface area contributed by atoms with Crippen LogP contribution in [-0.2, 0) is 23.1 Å². The fraction of sp³-hybridized carbons (Fsp3) is 0.550. The molecule has 28 heavy (non-hydrogen) atoms. The molecule has 0 bridgehead atoms. The van der Waals surface area contributed by atoms with Gasteiger partial charge in [-0.05, 0) is 32.8 Å². The summed E-state index contributed by atoms with van der Waals surface area (Å²) in [7, 11) is 0. The van der Waals surface area contributed by atoms with Crippen molar-refractivity contribution in [2.75, 3.05) is 11.9 Å². The van der Waals surface area contributed by atoms with Crippen molar-refractivity contribution in [3.8, 4) is 0 Å². The van der Waals surface area contributed by atoms with Gasteiger partial charge in [0, 0.05) is 28.3 Å². The highest BCUT2D eigenvalue weighted by atomic mass is 32.1. The first-order valence-electron chi connectivity index (χ1n) is 9.30. The van der Waals surface area contributed by atoms with Crippen LogP contribution in [0, 0.1) is 0 Å². The number of rotatable bonds is 2. The Morgan fingerprint density at radius 3 is 2.57 bits per heavy atom. The fourth-order valence-electron chi connectivity index (χ4n) is 2.87. The van der Waals surface area contributed by atoms with Gasteiger partial charge in [0.05, 0.1) is 17.8 Å². The second-order valence-corrected chi connectivity index (χ2v) is 9.95. The number of amides is 2. The Bertz CT molecular complexity index is 886. The van der Waals surface area contributed by atoms with Crippen molar-refractivity contribution >= 4 is 29.2 Å². The molecule has 0 aromatic carbocycles. The number of aromatic nitrogens is 1. The summed E-state index contributed by atoms with van der Waals surface area (Å²) in [6.45, 7) is 12.6. The van der Waals surface area contributed by atoms with Crippen molar-refractivity contribution in [3.63, 3.8) is 0 Å². The summed E-state index contributed by atoms with van der Waals surface area (Å²) in [4.78, 5) is 27.7. The van der Waals surface area contributed by atoms with Crippen LogP contribution in [0.25, 0.3) is 0 Å². The van der Waals surface area contributed by atoms with Gasteiger partial charge in [-0.1, -0.05) is 25.9 Å². The van der Waals surface area contributed by atoms with Crippen molar-refractivity contribution in [2.24, 2.45) is 0 Å². The molecule has 2 amide bonds. The van der Waals surface area contributed by atoms with Crippen molar-refractivity contribution in [1.29, 1.82) is 0 Å². The van der Waals surface area contributed by atoms with E-state index in [9.17, 15) is 9.59 Å². The van der Waals surface area contributed by atoms with Gasteiger partial charge in [-0.15, -0.1) is 11.3 Å². The van der Waals surface area contributed by atoms with E-state index < -0.39 is 5.60 Å². The molecule has 3 rings (SSSR count). The predicted molar refractivity (Wildman–Crippen MR) is 108 cm³/mol. The number of anilines is 1. The number of hydrogen-bond acceptors (Lipinski definition) is 6. The van der Waals surface area contributed by atoms with Gasteiger partial charge in [0.2, 0.25) is 5.88 Å². The molecule has 8 heteroatoms. The number of hydrogen-bond donors (Lipinski definition) is 1. The second-order valence-electron chi connectivity index (χ2n) is 8.98. The van der Waals surface area contributed by atoms with Crippen LogP contribution in [0.4, 0.5) is 10.7 Å². The number of nitrogens with one attached hydrogen (secondary N) is 1. The van der Waals surface area contributed by atoms with E-state index in [1.807, 2.05) is 46.9 Å². The van der Waals surface area contributed by atoms with Gasteiger partial charge in [0.15, 0.2) is 0 Å². The summed E-state index contributed by atoms with van der Waals surface area (Å²) in [5.74, 6) is 0.112. The molecule has 152 valence electrons. The topological polar surface area (TPSA) is 84.7 Å². The molecule has 2 aromatic rings. The molecule has 0 atom stereocenters. The van der Waals surface area contributed by atoms with Crippen LogP contribution in [-0.4, -0.2) is 34.2 Å². The van der Waals surface area contributed by atoms with E-state index in [1.54, 1.807) is 11.0 Å². The van der Waals surface area contributed by atoms with Gasteiger partial charge >= 0.3 is 6.09 Å². The zero-order valence-electron chi connectivity index (χ0n) is 17.2. The normalized spacial score (nSPS) is 14.6. The highest BCUT2D eigenvalue weighted by molar-refractivity contribution is 7.10. The minimum Gasteiger partial charge on any atom is -0.444 e. The molecule has 7 nitrogen and oxygen atoms in total. The number of nitrogens with zero attached hydrogens (tertiary/aromatic N) is 2. The largest absolute Gasteiger partial charge is 0.444 e. The quantitative estimate of drug-likeness (QED) is 0.790. The number of carbonyl (C=O) groups excluding carboxylic acids is 2. The SMILES string of the molecule is CC(C)(C)OC(=O)N1CCc2c(C(=O)Nc3cc(C(C)(C)C)no3)csc2C1. The van der Waals surface area contributed by atoms with E-state index in [-0.39, 0.29) is 17.4 Å². The van der Waals surface area contributed by atoms with Crippen LogP contribution in [0.15, 0.2) is 16.0 Å². The van der Waals surface area contributed by atoms with Crippen LogP contribution in [0.2, 0.25) is 0 Å². The van der Waals surface area contributed by atoms with Crippen LogP contribution in [0.3, 0.4) is 0 Å². The lowest BCUT2D eigenvalue weighted by molar-refractivity contribution is 0.0226. The zero-order chi connectivity index (χ0) is 20.7. The molecule has 0 saturated heterocycles. The first kappa shape index (κ1) is 20.4. The molecule has 0 fully saturated rings. The number of fused-ring (bicyclic) bond motifs is 1. The van der Waals surface area contributed by atoms with Gasteiger partial charge in [-0.25, -0.2) is 4.79 Å². The third-order valence-corrected chi connectivity index (χ3v) is 5.37. The summed E-state index contributed by atoms with van der Waals surface area (Å²) in [5.41, 5.74) is 1.71. The van der Waals surface area contributed by atoms with Gasteiger partial charge in [0.1, 0.15) is 5.60 Å². The summed E-state index contributed by atoms with van der Waals surface area (Å²) in [5, 5.41) is 8.64. The Kier molecular flexibility index (Phi) is 5.27. The maximum Gasteiger partial charge on any atom is 0.410 e. The summed E-state index contributed by atoms with van der Waals surface area (Å²) in [6, 6.07) is 1.75. The fourth-order valence-corrected chi connectivity index (χ4v) is 3.96. The average molecular weight is 406 g/mol. The maximum absolute atomic E-state index is 12.7. The van der Waals surface area contributed by atoms with Gasteiger partial charge < -0.3 is 14.2 Å². The van der Waals surface area contributed by atoms with Gasteiger partial charge in [-0.2, -0.15) is 0 Å². The molecule has 1 aliphatic heterocycles. The van der Waals surface area contributed by atoms with E-state index >= 15 is 0 Å². The number of thiophene rings is 1. The lowest BCUT2D eigenvalue weighted by atomic mass is 9.92. The Morgan fingerprint density at radius 2 is 1.96 bits per heavy atom. The van der Waals surface area contributed by atoms with E-state index in [0.29, 0.717) is 31.0 Å². The van der Waals surface area contributed by atoms with E-state index in [4.69, 9.17) is 9.26 Å². The monoisotopic (exact) mass is 405 g/mol. The minimum absolute atomic E-state index is 0.154. The van der Waals surface area contributed by atoms with Crippen molar-refractivity contribution in [1.82, 2.24) is 10.1 Å². The van der Waals surface area contributed by atoms with Crippen LogP contribution < -0.4 is 5.32 Å². The van der Waals surface area contributed by atoms with E-state index in [0.717, 1.165) is 16.1 Å². The maximum atomic E-state index is 12.7. The van der Waals surface area contributed by atoms with Gasteiger partial charge in [0.25, 0.3) is 5.91 Å². The predicted octanol–water partition coefficient (Wildman–Crippen LogP) is 4.58. The molecule has 0 radical (unpaired) electrons. The Morgan fingerprint density at radius 1 is 1.25 bits per heavy atom. The molecule has 0 aliphatic carbocycles. The Hall–Kier alpha value is -2.35. The molecule has 0 spiro atoms. The molecule has 0 saturated carbocycles. The molecule has 0 unspecified atom stereocenters. The number of carbonyl (C=O) groups is 2. The van der Waals surface area contributed by atoms with Crippen LogP contribution in [0.5, 0.6) is 0 Å². The molecule has 1 aliphatic rings. The molecule has 3 heterocycles. The molecule has 1 N–H and O–H groups in total. The van der Waals surface area contributed by atoms with E-state index in [2.05, 4.69) is 10.5 Å². The minimum atomic E-state index is -0.527. The van der Waals surface area contributed by atoms with Gasteiger partial charge in [-0.3, -0.25) is 10.1 Å². The second kappa shape index (κ2) is 7.24. The smallest absolute Gasteiger partial charge is 0.410 e. The molecular weight excluding hydrogens is 378 g/mol. The first-order valence-corrected chi connectivity index (χ1v) is 10.2. The third kappa shape index (κ3) is 4.55. The first-order chi connectivity index (χ1) is 12.9. The average Bonchev–Trinajstić information content (AvgIpc) is 3.18. The zero-order valence-corrected chi connectivity index (χ0v) is 18.0. The van der Waals surface area contributed by atoms with Crippen molar-refractivity contribution < 1.29 is 18.8 Å². The lowest BCUT2D eigenvalue weighted by Crippen LogP contribution is -2.39. The Labute approximate surface area is 169 Å². The summed E-state index contributed by atoms with van der Waals surface area (Å²) < 4.78 is 10.7. The number of ether oxygens (including phenoxy) is 1. The summed E-state index contributed by atoms with van der Waals surface area (Å²) >= 11 is 1.48. The summed E-state index contributed by atoms with van der Waals surface area (Å²) in [6.07, 6.45) is 0.290. The highest BCUT2D eigenvalue weighted by Crippen LogP contribution is 2.30. The standard InChI is InChI=1S/C20H27N3O4S/c1-19(2,3)15-9-16(27-22-15)21-17(24)13-11-28-14-10-23(8-7-12(13)14)18(25)26-20(4,5)6/h9,11H,7-8,10H2,1-6H3,(H,21,24). The lowest BCUT2D eigenvalue weighted by Gasteiger charge is -2.30. The van der Waals surface area contributed by atoms with Crippen molar-refractivity contribution in [2.45, 2.75) is 65.5 Å². The molecular formula is C20H27N3O4S. The molecule has 2 aromatic heterocycles. The van der Waals surface area contributed by atoms with E-state index in [1.165, 1.54) is 11.3 Å². The van der Waals surface area contributed by atoms with Crippen LogP contribution >= 0.6 is 11.3 Å². The van der Waals surface area contributed by atoms with Crippen LogP contribution in [0.1, 0.15) is 68.0 Å².